The molecule has 0 spiro atoms. The minimum absolute atomic E-state index is 0.0961. The van der Waals surface area contributed by atoms with Gasteiger partial charge in [-0.3, -0.25) is 4.98 Å². The van der Waals surface area contributed by atoms with Gasteiger partial charge in [-0.25, -0.2) is 0 Å². The monoisotopic (exact) mass is 419 g/mol. The third kappa shape index (κ3) is 2.79. The van der Waals surface area contributed by atoms with Crippen LogP contribution < -0.4 is 0 Å². The van der Waals surface area contributed by atoms with E-state index in [1.54, 1.807) is 6.20 Å². The van der Waals surface area contributed by atoms with Gasteiger partial charge in [-0.1, -0.05) is 69.8 Å². The Labute approximate surface area is 105 Å². The Morgan fingerprint density at radius 2 is 1.75 bits per heavy atom. The summed E-state index contributed by atoms with van der Waals surface area (Å²) in [5.74, 6) is 0. The van der Waals surface area contributed by atoms with Gasteiger partial charge < -0.3 is 0 Å². The number of hydrogen-bond acceptors (Lipinski definition) is 1. The lowest BCUT2D eigenvalue weighted by molar-refractivity contribution is 1.12. The van der Waals surface area contributed by atoms with Gasteiger partial charge in [0.15, 0.2) is 0 Å². The zero-order valence-corrected chi connectivity index (χ0v) is 12.2. The van der Waals surface area contributed by atoms with Crippen LogP contribution in [0.25, 0.3) is 0 Å². The average molecular weight is 423 g/mol. The summed E-state index contributed by atoms with van der Waals surface area (Å²) in [6.07, 6.45) is 1.77. The van der Waals surface area contributed by atoms with Crippen molar-refractivity contribution in [2.24, 2.45) is 0 Å². The Bertz CT molecular complexity index is 234. The van der Waals surface area contributed by atoms with Crippen molar-refractivity contribution < 1.29 is 0 Å². The van der Waals surface area contributed by atoms with Gasteiger partial charge in [0, 0.05) is 6.20 Å². The Morgan fingerprint density at radius 1 is 1.08 bits per heavy atom. The van der Waals surface area contributed by atoms with Crippen molar-refractivity contribution in [1.82, 2.24) is 4.98 Å². The number of halogens is 4. The zero-order valence-electron chi connectivity index (χ0n) is 5.85. The largest absolute Gasteiger partial charge is 0.259 e. The molecule has 0 radical (unpaired) electrons. The van der Waals surface area contributed by atoms with E-state index in [1.165, 1.54) is 0 Å². The van der Waals surface area contributed by atoms with E-state index in [0.29, 0.717) is 0 Å². The second kappa shape index (κ2) is 5.08. The van der Waals surface area contributed by atoms with Crippen molar-refractivity contribution in [3.05, 3.63) is 29.6 Å². The van der Waals surface area contributed by atoms with Crippen LogP contribution in [0.4, 0.5) is 0 Å². The molecule has 1 nitrogen and oxygen atoms in total. The molecule has 0 unspecified atom stereocenters. The summed E-state index contributed by atoms with van der Waals surface area (Å²) in [5, 5.41) is 0. The highest BCUT2D eigenvalue weighted by atomic mass is 79.9. The van der Waals surface area contributed by atoms with Crippen LogP contribution in [0.15, 0.2) is 18.3 Å². The van der Waals surface area contributed by atoms with Crippen molar-refractivity contribution in [3.8, 4) is 0 Å². The first kappa shape index (κ1) is 11.1. The molecule has 0 N–H and O–H groups in total. The van der Waals surface area contributed by atoms with Crippen LogP contribution in [-0.4, -0.2) is 4.98 Å². The van der Waals surface area contributed by atoms with Crippen molar-refractivity contribution in [2.75, 3.05) is 0 Å². The van der Waals surface area contributed by atoms with Crippen LogP contribution in [0.1, 0.15) is 18.7 Å². The summed E-state index contributed by atoms with van der Waals surface area (Å²) in [6, 6.07) is 3.93. The second-order valence-electron chi connectivity index (χ2n) is 2.08. The third-order valence-corrected chi connectivity index (χ3v) is 3.17. The van der Waals surface area contributed by atoms with Crippen LogP contribution in [-0.2, 0) is 0 Å². The van der Waals surface area contributed by atoms with E-state index in [9.17, 15) is 0 Å². The predicted octanol–water partition coefficient (Wildman–Crippen LogP) is 4.66. The average Bonchev–Trinajstić information content (AvgIpc) is 2.04. The molecule has 1 aromatic heterocycles. The van der Waals surface area contributed by atoms with E-state index in [1.807, 2.05) is 12.1 Å². The number of alkyl halides is 4. The molecule has 0 atom stereocenters. The van der Waals surface area contributed by atoms with Crippen molar-refractivity contribution >= 4 is 63.7 Å². The van der Waals surface area contributed by atoms with E-state index >= 15 is 0 Å². The highest BCUT2D eigenvalue weighted by molar-refractivity contribution is 9.24. The standard InChI is InChI=1S/C7H5Br4N/c8-6(9)4-2-1-3-12-5(4)7(10)11/h1-3,6-7H. The van der Waals surface area contributed by atoms with Crippen LogP contribution in [0.5, 0.6) is 0 Å². The lowest BCUT2D eigenvalue weighted by Crippen LogP contribution is -1.94. The van der Waals surface area contributed by atoms with E-state index in [0.717, 1.165) is 11.3 Å². The molecule has 0 aliphatic heterocycles. The fraction of sp³-hybridized carbons (Fsp3) is 0.286. The number of nitrogens with zero attached hydrogens (tertiary/aromatic N) is 1. The summed E-state index contributed by atoms with van der Waals surface area (Å²) in [5.41, 5.74) is 2.10. The Kier molecular flexibility index (Phi) is 4.72. The molecule has 0 aliphatic rings. The molecule has 0 saturated heterocycles. The van der Waals surface area contributed by atoms with Crippen molar-refractivity contribution in [2.45, 2.75) is 7.47 Å². The van der Waals surface area contributed by atoms with Gasteiger partial charge in [-0.05, 0) is 11.6 Å². The SMILES string of the molecule is BrC(Br)c1cccnc1C(Br)Br. The summed E-state index contributed by atoms with van der Waals surface area (Å²) in [4.78, 5) is 4.25. The first-order valence-electron chi connectivity index (χ1n) is 3.14. The first-order chi connectivity index (χ1) is 5.63. The van der Waals surface area contributed by atoms with E-state index in [-0.39, 0.29) is 7.47 Å². The van der Waals surface area contributed by atoms with Crippen LogP contribution in [0.2, 0.25) is 0 Å². The fourth-order valence-corrected chi connectivity index (χ4v) is 2.34. The number of aromatic nitrogens is 1. The molecule has 12 heavy (non-hydrogen) atoms. The maximum atomic E-state index is 4.25. The normalized spacial score (nSPS) is 11.2. The van der Waals surface area contributed by atoms with Gasteiger partial charge in [-0.15, -0.1) is 0 Å². The Hall–Kier alpha value is 1.07. The number of pyridine rings is 1. The Morgan fingerprint density at radius 3 is 2.17 bits per heavy atom. The topological polar surface area (TPSA) is 12.9 Å². The van der Waals surface area contributed by atoms with E-state index in [2.05, 4.69) is 68.7 Å². The highest BCUT2D eigenvalue weighted by Gasteiger charge is 2.13. The second-order valence-corrected chi connectivity index (χ2v) is 8.20. The summed E-state index contributed by atoms with van der Waals surface area (Å²) < 4.78 is 0.241. The smallest absolute Gasteiger partial charge is 0.112 e. The quantitative estimate of drug-likeness (QED) is 0.632. The predicted molar refractivity (Wildman–Crippen MR) is 65.4 cm³/mol. The van der Waals surface area contributed by atoms with E-state index in [4.69, 9.17) is 0 Å². The van der Waals surface area contributed by atoms with Gasteiger partial charge in [0.25, 0.3) is 0 Å². The molecular formula is C7H5Br4N. The van der Waals surface area contributed by atoms with Crippen LogP contribution in [0, 0.1) is 0 Å². The number of hydrogen-bond donors (Lipinski definition) is 0. The lowest BCUT2D eigenvalue weighted by atomic mass is 10.2. The highest BCUT2D eigenvalue weighted by Crippen LogP contribution is 2.37. The molecule has 0 saturated carbocycles. The Balaban J connectivity index is 3.09. The molecule has 1 heterocycles. The van der Waals surface area contributed by atoms with Crippen LogP contribution in [0.3, 0.4) is 0 Å². The maximum Gasteiger partial charge on any atom is 0.112 e. The molecule has 0 fully saturated rings. The summed E-state index contributed by atoms with van der Waals surface area (Å²) in [6.45, 7) is 0. The maximum absolute atomic E-state index is 4.25. The third-order valence-electron chi connectivity index (χ3n) is 1.31. The summed E-state index contributed by atoms with van der Waals surface area (Å²) >= 11 is 13.7. The minimum atomic E-state index is 0.0961. The van der Waals surface area contributed by atoms with Gasteiger partial charge in [0.2, 0.25) is 0 Å². The molecular weight excluding hydrogens is 418 g/mol. The van der Waals surface area contributed by atoms with Gasteiger partial charge in [0.1, 0.15) is 3.74 Å². The molecule has 1 rings (SSSR count). The van der Waals surface area contributed by atoms with Crippen LogP contribution >= 0.6 is 63.7 Å². The fourth-order valence-electron chi connectivity index (χ4n) is 0.797. The van der Waals surface area contributed by atoms with Gasteiger partial charge in [-0.2, -0.15) is 0 Å². The van der Waals surface area contributed by atoms with E-state index < -0.39 is 0 Å². The molecule has 0 aliphatic carbocycles. The lowest BCUT2D eigenvalue weighted by Gasteiger charge is -2.09. The molecule has 66 valence electrons. The first-order valence-corrected chi connectivity index (χ1v) is 6.80. The molecule has 0 amide bonds. The molecule has 1 aromatic rings. The zero-order chi connectivity index (χ0) is 9.14. The molecule has 0 bridgehead atoms. The number of rotatable bonds is 2. The van der Waals surface area contributed by atoms with Crippen molar-refractivity contribution in [1.29, 1.82) is 0 Å². The van der Waals surface area contributed by atoms with Crippen molar-refractivity contribution in [3.63, 3.8) is 0 Å². The molecule has 0 aromatic carbocycles. The summed E-state index contributed by atoms with van der Waals surface area (Å²) in [7, 11) is 0. The minimum Gasteiger partial charge on any atom is -0.259 e. The molecule has 5 heteroatoms. The van der Waals surface area contributed by atoms with Gasteiger partial charge >= 0.3 is 0 Å². The van der Waals surface area contributed by atoms with Gasteiger partial charge in [0.05, 0.1) is 9.43 Å².